The maximum absolute atomic E-state index is 12.3. The molecule has 112 valence electrons. The molecule has 2 N–H and O–H groups in total. The number of carbonyl (C=O) groups is 1. The lowest BCUT2D eigenvalue weighted by Gasteiger charge is -2.09. The fourth-order valence-corrected chi connectivity index (χ4v) is 4.06. The Morgan fingerprint density at radius 1 is 1.14 bits per heavy atom. The zero-order chi connectivity index (χ0) is 15.5. The van der Waals surface area contributed by atoms with Crippen molar-refractivity contribution in [2.45, 2.75) is 4.90 Å². The van der Waals surface area contributed by atoms with Crippen LogP contribution < -0.4 is 10.0 Å². The SMILES string of the molecule is CNc1ccc(NS(=O)(=O)c2ccsc2C(=O)OC)cc1. The highest BCUT2D eigenvalue weighted by atomic mass is 32.2. The molecule has 1 heterocycles. The summed E-state index contributed by atoms with van der Waals surface area (Å²) in [7, 11) is -0.854. The summed E-state index contributed by atoms with van der Waals surface area (Å²) < 4.78 is 31.7. The Kier molecular flexibility index (Phi) is 4.49. The minimum atomic E-state index is -3.84. The summed E-state index contributed by atoms with van der Waals surface area (Å²) in [5, 5.41) is 4.47. The molecule has 0 unspecified atom stereocenters. The second-order valence-corrected chi connectivity index (χ2v) is 6.61. The van der Waals surface area contributed by atoms with Crippen molar-refractivity contribution in [1.29, 1.82) is 0 Å². The normalized spacial score (nSPS) is 11.0. The van der Waals surface area contributed by atoms with E-state index in [1.807, 2.05) is 0 Å². The first-order chi connectivity index (χ1) is 9.97. The molecule has 0 radical (unpaired) electrons. The smallest absolute Gasteiger partial charge is 0.349 e. The average Bonchev–Trinajstić information content (AvgIpc) is 2.97. The third-order valence-electron chi connectivity index (χ3n) is 2.72. The maximum atomic E-state index is 12.3. The number of carbonyl (C=O) groups excluding carboxylic acids is 1. The van der Waals surface area contributed by atoms with Gasteiger partial charge in [-0.05, 0) is 35.7 Å². The Bertz CT molecular complexity index is 736. The summed E-state index contributed by atoms with van der Waals surface area (Å²) >= 11 is 1.02. The molecule has 0 aliphatic rings. The van der Waals surface area contributed by atoms with Crippen molar-refractivity contribution >= 4 is 38.7 Å². The summed E-state index contributed by atoms with van der Waals surface area (Å²) in [6, 6.07) is 8.13. The number of anilines is 2. The number of esters is 1. The molecule has 0 spiro atoms. The van der Waals surface area contributed by atoms with Gasteiger partial charge < -0.3 is 10.1 Å². The van der Waals surface area contributed by atoms with Crippen LogP contribution in [0, 0.1) is 0 Å². The number of thiophene rings is 1. The zero-order valence-electron chi connectivity index (χ0n) is 11.4. The maximum Gasteiger partial charge on any atom is 0.349 e. The topological polar surface area (TPSA) is 84.5 Å². The molecule has 1 aromatic heterocycles. The van der Waals surface area contributed by atoms with Gasteiger partial charge in [-0.3, -0.25) is 4.72 Å². The molecule has 0 amide bonds. The standard InChI is InChI=1S/C13H14N2O4S2/c1-14-9-3-5-10(6-4-9)15-21(17,18)11-7-8-20-12(11)13(16)19-2/h3-8,14-15H,1-2H3. The van der Waals surface area contributed by atoms with Gasteiger partial charge in [-0.2, -0.15) is 0 Å². The highest BCUT2D eigenvalue weighted by molar-refractivity contribution is 7.93. The van der Waals surface area contributed by atoms with Crippen molar-refractivity contribution in [2.75, 3.05) is 24.2 Å². The molecule has 1 aromatic carbocycles. The van der Waals surface area contributed by atoms with Crippen LogP contribution in [-0.4, -0.2) is 28.5 Å². The molecule has 0 aliphatic carbocycles. The van der Waals surface area contributed by atoms with Crippen molar-refractivity contribution in [3.05, 3.63) is 40.6 Å². The Morgan fingerprint density at radius 3 is 2.33 bits per heavy atom. The quantitative estimate of drug-likeness (QED) is 0.824. The monoisotopic (exact) mass is 326 g/mol. The van der Waals surface area contributed by atoms with E-state index in [9.17, 15) is 13.2 Å². The fourth-order valence-electron chi connectivity index (χ4n) is 1.67. The lowest BCUT2D eigenvalue weighted by molar-refractivity contribution is 0.0602. The molecular formula is C13H14N2O4S2. The van der Waals surface area contributed by atoms with E-state index in [4.69, 9.17) is 0 Å². The Morgan fingerprint density at radius 2 is 1.76 bits per heavy atom. The van der Waals surface area contributed by atoms with Gasteiger partial charge in [-0.15, -0.1) is 11.3 Å². The third-order valence-corrected chi connectivity index (χ3v) is 5.16. The lowest BCUT2D eigenvalue weighted by Crippen LogP contribution is -2.15. The molecule has 6 nitrogen and oxygen atoms in total. The van der Waals surface area contributed by atoms with Gasteiger partial charge in [0.15, 0.2) is 0 Å². The lowest BCUT2D eigenvalue weighted by atomic mass is 10.3. The molecule has 21 heavy (non-hydrogen) atoms. The molecule has 2 aromatic rings. The van der Waals surface area contributed by atoms with Crippen LogP contribution in [0.3, 0.4) is 0 Å². The van der Waals surface area contributed by atoms with Crippen molar-refractivity contribution < 1.29 is 17.9 Å². The first-order valence-electron chi connectivity index (χ1n) is 5.94. The summed E-state index contributed by atoms with van der Waals surface area (Å²) in [4.78, 5) is 11.5. The van der Waals surface area contributed by atoms with Crippen molar-refractivity contribution in [2.24, 2.45) is 0 Å². The van der Waals surface area contributed by atoms with Crippen LogP contribution in [0.2, 0.25) is 0 Å². The predicted molar refractivity (Wildman–Crippen MR) is 82.5 cm³/mol. The van der Waals surface area contributed by atoms with Gasteiger partial charge in [0.1, 0.15) is 9.77 Å². The number of nitrogens with one attached hydrogen (secondary N) is 2. The van der Waals surface area contributed by atoms with Crippen LogP contribution in [0.5, 0.6) is 0 Å². The number of benzene rings is 1. The van der Waals surface area contributed by atoms with Gasteiger partial charge in [0, 0.05) is 18.4 Å². The molecule has 0 atom stereocenters. The van der Waals surface area contributed by atoms with E-state index in [0.29, 0.717) is 5.69 Å². The zero-order valence-corrected chi connectivity index (χ0v) is 13.0. The molecule has 8 heteroatoms. The first kappa shape index (κ1) is 15.3. The van der Waals surface area contributed by atoms with Crippen molar-refractivity contribution in [1.82, 2.24) is 0 Å². The number of methoxy groups -OCH3 is 1. The van der Waals surface area contributed by atoms with E-state index in [-0.39, 0.29) is 9.77 Å². The number of ether oxygens (including phenoxy) is 1. The number of hydrogen-bond donors (Lipinski definition) is 2. The summed E-state index contributed by atoms with van der Waals surface area (Å²) in [5.74, 6) is -0.670. The summed E-state index contributed by atoms with van der Waals surface area (Å²) in [6.45, 7) is 0. The predicted octanol–water partition coefficient (Wildman–Crippen LogP) is 2.38. The Balaban J connectivity index is 2.30. The van der Waals surface area contributed by atoms with Gasteiger partial charge in [-0.1, -0.05) is 0 Å². The van der Waals surface area contributed by atoms with E-state index in [1.54, 1.807) is 31.3 Å². The highest BCUT2D eigenvalue weighted by Crippen LogP contribution is 2.25. The first-order valence-corrected chi connectivity index (χ1v) is 8.30. The van der Waals surface area contributed by atoms with Crippen LogP contribution in [0.15, 0.2) is 40.6 Å². The van der Waals surface area contributed by atoms with Crippen molar-refractivity contribution in [3.63, 3.8) is 0 Å². The van der Waals surface area contributed by atoms with Crippen molar-refractivity contribution in [3.8, 4) is 0 Å². The molecule has 0 fully saturated rings. The van der Waals surface area contributed by atoms with Gasteiger partial charge in [0.25, 0.3) is 10.0 Å². The minimum absolute atomic E-state index is 0.0526. The molecule has 0 bridgehead atoms. The van der Waals surface area contributed by atoms with Gasteiger partial charge in [0.2, 0.25) is 0 Å². The van der Waals surface area contributed by atoms with E-state index in [1.165, 1.54) is 18.6 Å². The van der Waals surface area contributed by atoms with Crippen LogP contribution in [0.25, 0.3) is 0 Å². The molecule has 0 aliphatic heterocycles. The minimum Gasteiger partial charge on any atom is -0.465 e. The second-order valence-electron chi connectivity index (χ2n) is 4.04. The Labute approximate surface area is 126 Å². The van der Waals surface area contributed by atoms with Gasteiger partial charge in [-0.25, -0.2) is 13.2 Å². The average molecular weight is 326 g/mol. The van der Waals surface area contributed by atoms with Gasteiger partial charge >= 0.3 is 5.97 Å². The second kappa shape index (κ2) is 6.15. The van der Waals surface area contributed by atoms with Gasteiger partial charge in [0.05, 0.1) is 7.11 Å². The summed E-state index contributed by atoms with van der Waals surface area (Å²) in [6.07, 6.45) is 0. The highest BCUT2D eigenvalue weighted by Gasteiger charge is 2.24. The number of sulfonamides is 1. The van der Waals surface area contributed by atoms with Crippen LogP contribution in [0.4, 0.5) is 11.4 Å². The van der Waals surface area contributed by atoms with E-state index >= 15 is 0 Å². The molecule has 2 rings (SSSR count). The van der Waals surface area contributed by atoms with Crippen LogP contribution in [-0.2, 0) is 14.8 Å². The largest absolute Gasteiger partial charge is 0.465 e. The molecular weight excluding hydrogens is 312 g/mol. The number of rotatable bonds is 5. The summed E-state index contributed by atoms with van der Waals surface area (Å²) in [5.41, 5.74) is 1.28. The van der Waals surface area contributed by atoms with E-state index in [0.717, 1.165) is 17.0 Å². The van der Waals surface area contributed by atoms with E-state index in [2.05, 4.69) is 14.8 Å². The Hall–Kier alpha value is -2.06. The van der Waals surface area contributed by atoms with Crippen LogP contribution >= 0.6 is 11.3 Å². The number of hydrogen-bond acceptors (Lipinski definition) is 6. The fraction of sp³-hybridized carbons (Fsp3) is 0.154. The van der Waals surface area contributed by atoms with Crippen LogP contribution in [0.1, 0.15) is 9.67 Å². The van der Waals surface area contributed by atoms with E-state index < -0.39 is 16.0 Å². The molecule has 0 saturated heterocycles. The molecule has 0 saturated carbocycles. The third kappa shape index (κ3) is 3.34.